The number of nitrogens with one attached hydrogen (secondary N) is 1. The molecule has 0 radical (unpaired) electrons. The van der Waals surface area contributed by atoms with Gasteiger partial charge < -0.3 is 10.2 Å². The molecule has 1 aromatic rings. The van der Waals surface area contributed by atoms with Gasteiger partial charge in [0.2, 0.25) is 0 Å². The van der Waals surface area contributed by atoms with Crippen LogP contribution in [0.5, 0.6) is 0 Å². The molecule has 15 heavy (non-hydrogen) atoms. The Labute approximate surface area is 98.2 Å². The zero-order valence-corrected chi connectivity index (χ0v) is 10.6. The van der Waals surface area contributed by atoms with Crippen LogP contribution in [0.15, 0.2) is 17.0 Å². The van der Waals surface area contributed by atoms with E-state index in [0.29, 0.717) is 0 Å². The molecule has 0 aromatic carbocycles. The lowest BCUT2D eigenvalue weighted by molar-refractivity contribution is 0.351. The van der Waals surface area contributed by atoms with Crippen LogP contribution in [0.25, 0.3) is 0 Å². The van der Waals surface area contributed by atoms with Gasteiger partial charge >= 0.3 is 0 Å². The molecule has 0 bridgehead atoms. The zero-order valence-electron chi connectivity index (χ0n) is 9.00. The molecule has 1 N–H and O–H groups in total. The highest BCUT2D eigenvalue weighted by Gasteiger charge is 2.27. The number of nitrogens with zero attached hydrogens (tertiary/aromatic N) is 3. The van der Waals surface area contributed by atoms with Crippen molar-refractivity contribution in [3.8, 4) is 0 Å². The Hall–Kier alpha value is -0.680. The van der Waals surface area contributed by atoms with Gasteiger partial charge in [0.05, 0.1) is 4.47 Å². The first-order valence-corrected chi connectivity index (χ1v) is 5.83. The van der Waals surface area contributed by atoms with E-state index < -0.39 is 0 Å². The van der Waals surface area contributed by atoms with Crippen molar-refractivity contribution < 1.29 is 0 Å². The highest BCUT2D eigenvalue weighted by Crippen LogP contribution is 2.24. The van der Waals surface area contributed by atoms with Crippen LogP contribution in [0.2, 0.25) is 0 Å². The van der Waals surface area contributed by atoms with Gasteiger partial charge in [-0.2, -0.15) is 0 Å². The second kappa shape index (κ2) is 4.06. The van der Waals surface area contributed by atoms with Gasteiger partial charge in [-0.1, -0.05) is 0 Å². The first-order valence-electron chi connectivity index (χ1n) is 5.04. The van der Waals surface area contributed by atoms with E-state index in [1.807, 2.05) is 0 Å². The second-order valence-corrected chi connectivity index (χ2v) is 5.28. The molecule has 1 saturated heterocycles. The summed E-state index contributed by atoms with van der Waals surface area (Å²) in [6, 6.07) is 0. The molecule has 1 aliphatic rings. The van der Waals surface area contributed by atoms with E-state index in [-0.39, 0.29) is 5.54 Å². The van der Waals surface area contributed by atoms with Crippen LogP contribution in [0.4, 0.5) is 5.82 Å². The molecule has 1 aromatic heterocycles. The molecule has 0 amide bonds. The van der Waals surface area contributed by atoms with E-state index in [4.69, 9.17) is 0 Å². The quantitative estimate of drug-likeness (QED) is 0.839. The maximum atomic E-state index is 4.31. The molecule has 1 aliphatic heterocycles. The first-order chi connectivity index (χ1) is 7.08. The van der Waals surface area contributed by atoms with E-state index in [0.717, 1.165) is 29.9 Å². The maximum Gasteiger partial charge on any atom is 0.146 e. The summed E-state index contributed by atoms with van der Waals surface area (Å²) in [6.45, 7) is 7.34. The van der Waals surface area contributed by atoms with Gasteiger partial charge in [0.15, 0.2) is 0 Å². The van der Waals surface area contributed by atoms with Gasteiger partial charge in [0, 0.05) is 31.4 Å². The summed E-state index contributed by atoms with van der Waals surface area (Å²) >= 11 is 3.48. The van der Waals surface area contributed by atoms with Crippen molar-refractivity contribution in [3.05, 3.63) is 17.0 Å². The Morgan fingerprint density at radius 2 is 2.33 bits per heavy atom. The minimum atomic E-state index is 0.142. The van der Waals surface area contributed by atoms with Crippen molar-refractivity contribution in [2.24, 2.45) is 0 Å². The third-order valence-electron chi connectivity index (χ3n) is 2.52. The predicted octanol–water partition coefficient (Wildman–Crippen LogP) is 1.43. The number of hydrogen-bond acceptors (Lipinski definition) is 4. The summed E-state index contributed by atoms with van der Waals surface area (Å²) in [7, 11) is 0. The van der Waals surface area contributed by atoms with E-state index >= 15 is 0 Å². The summed E-state index contributed by atoms with van der Waals surface area (Å²) in [6.07, 6.45) is 3.38. The molecule has 0 atom stereocenters. The highest BCUT2D eigenvalue weighted by molar-refractivity contribution is 9.10. The Balaban J connectivity index is 2.21. The van der Waals surface area contributed by atoms with Crippen molar-refractivity contribution in [3.63, 3.8) is 0 Å². The first kappa shape index (κ1) is 10.8. The van der Waals surface area contributed by atoms with Crippen LogP contribution in [0.3, 0.4) is 0 Å². The molecule has 5 heteroatoms. The van der Waals surface area contributed by atoms with Crippen LogP contribution in [-0.2, 0) is 0 Å². The average Bonchev–Trinajstić information content (AvgIpc) is 2.17. The molecule has 0 unspecified atom stereocenters. The van der Waals surface area contributed by atoms with E-state index in [2.05, 4.69) is 50.0 Å². The van der Waals surface area contributed by atoms with Crippen molar-refractivity contribution in [1.29, 1.82) is 0 Å². The van der Waals surface area contributed by atoms with Crippen LogP contribution in [0, 0.1) is 0 Å². The summed E-state index contributed by atoms with van der Waals surface area (Å²) in [5.41, 5.74) is 0.142. The van der Waals surface area contributed by atoms with Gasteiger partial charge in [-0.15, -0.1) is 0 Å². The molecular weight excluding hydrogens is 256 g/mol. The minimum absolute atomic E-state index is 0.142. The Kier molecular flexibility index (Phi) is 2.93. The van der Waals surface area contributed by atoms with E-state index in [1.54, 1.807) is 12.5 Å². The number of aromatic nitrogens is 2. The van der Waals surface area contributed by atoms with Crippen molar-refractivity contribution in [2.75, 3.05) is 24.5 Å². The SMILES string of the molecule is CC1(C)CN(c2ncncc2Br)CCN1. The van der Waals surface area contributed by atoms with Crippen LogP contribution in [-0.4, -0.2) is 35.1 Å². The normalized spacial score (nSPS) is 20.3. The van der Waals surface area contributed by atoms with E-state index in [9.17, 15) is 0 Å². The van der Waals surface area contributed by atoms with Crippen LogP contribution in [0.1, 0.15) is 13.8 Å². The summed E-state index contributed by atoms with van der Waals surface area (Å²) < 4.78 is 0.961. The van der Waals surface area contributed by atoms with Gasteiger partial charge in [-0.25, -0.2) is 9.97 Å². The fraction of sp³-hybridized carbons (Fsp3) is 0.600. The minimum Gasteiger partial charge on any atom is -0.352 e. The number of piperazine rings is 1. The third-order valence-corrected chi connectivity index (χ3v) is 3.08. The Bertz CT molecular complexity index is 353. The molecule has 0 saturated carbocycles. The predicted molar refractivity (Wildman–Crippen MR) is 64.0 cm³/mol. The standard InChI is InChI=1S/C10H15BrN4/c1-10(2)6-15(4-3-14-10)9-8(11)5-12-7-13-9/h5,7,14H,3-4,6H2,1-2H3. The van der Waals surface area contributed by atoms with Gasteiger partial charge in [0.1, 0.15) is 12.1 Å². The van der Waals surface area contributed by atoms with Crippen LogP contribution >= 0.6 is 15.9 Å². The van der Waals surface area contributed by atoms with Crippen molar-refractivity contribution in [2.45, 2.75) is 19.4 Å². The fourth-order valence-corrected chi connectivity index (χ4v) is 2.33. The second-order valence-electron chi connectivity index (χ2n) is 4.43. The van der Waals surface area contributed by atoms with Gasteiger partial charge in [-0.3, -0.25) is 0 Å². The number of hydrogen-bond donors (Lipinski definition) is 1. The highest BCUT2D eigenvalue weighted by atomic mass is 79.9. The molecule has 4 nitrogen and oxygen atoms in total. The number of anilines is 1. The molecule has 2 heterocycles. The molecular formula is C10H15BrN4. The summed E-state index contributed by atoms with van der Waals surface area (Å²) in [5.74, 6) is 0.986. The lowest BCUT2D eigenvalue weighted by Gasteiger charge is -2.39. The summed E-state index contributed by atoms with van der Waals surface area (Å²) in [4.78, 5) is 10.6. The number of rotatable bonds is 1. The lowest BCUT2D eigenvalue weighted by Crippen LogP contribution is -2.57. The Morgan fingerprint density at radius 3 is 3.00 bits per heavy atom. The monoisotopic (exact) mass is 270 g/mol. The Morgan fingerprint density at radius 1 is 1.53 bits per heavy atom. The van der Waals surface area contributed by atoms with Gasteiger partial charge in [-0.05, 0) is 29.8 Å². The smallest absolute Gasteiger partial charge is 0.146 e. The van der Waals surface area contributed by atoms with Crippen molar-refractivity contribution >= 4 is 21.7 Å². The zero-order chi connectivity index (χ0) is 10.9. The van der Waals surface area contributed by atoms with Crippen molar-refractivity contribution in [1.82, 2.24) is 15.3 Å². The van der Waals surface area contributed by atoms with Gasteiger partial charge in [0.25, 0.3) is 0 Å². The molecule has 82 valence electrons. The fourth-order valence-electron chi connectivity index (χ4n) is 1.86. The molecule has 1 fully saturated rings. The number of halogens is 1. The van der Waals surface area contributed by atoms with E-state index in [1.165, 1.54) is 0 Å². The largest absolute Gasteiger partial charge is 0.352 e. The average molecular weight is 271 g/mol. The maximum absolute atomic E-state index is 4.31. The molecule has 0 aliphatic carbocycles. The summed E-state index contributed by atoms with van der Waals surface area (Å²) in [5, 5.41) is 3.48. The molecule has 2 rings (SSSR count). The topological polar surface area (TPSA) is 41.1 Å². The third kappa shape index (κ3) is 2.46. The molecule has 0 spiro atoms. The lowest BCUT2D eigenvalue weighted by atomic mass is 10.0. The van der Waals surface area contributed by atoms with Crippen LogP contribution < -0.4 is 10.2 Å².